The Morgan fingerprint density at radius 3 is 2.45 bits per heavy atom. The van der Waals surface area contributed by atoms with Gasteiger partial charge in [-0.1, -0.05) is 6.07 Å². The molecule has 4 rings (SSSR count). The van der Waals surface area contributed by atoms with Gasteiger partial charge >= 0.3 is 12.7 Å². The summed E-state index contributed by atoms with van der Waals surface area (Å²) in [6, 6.07) is 10.3. The van der Waals surface area contributed by atoms with Crippen LogP contribution in [0.25, 0.3) is 0 Å². The molecule has 0 unspecified atom stereocenters. The first-order valence-electron chi connectivity index (χ1n) is 9.05. The van der Waals surface area contributed by atoms with E-state index >= 15 is 0 Å². The Morgan fingerprint density at radius 2 is 1.83 bits per heavy atom. The van der Waals surface area contributed by atoms with Gasteiger partial charge < -0.3 is 14.4 Å². The quantitative estimate of drug-likeness (QED) is 0.522. The lowest BCUT2D eigenvalue weighted by Gasteiger charge is -2.22. The zero-order valence-electron chi connectivity index (χ0n) is 15.5. The fraction of sp³-hybridized carbons (Fsp3) is 0.300. The summed E-state index contributed by atoms with van der Waals surface area (Å²) in [6.07, 6.45) is 3.03. The predicted molar refractivity (Wildman–Crippen MR) is 104 cm³/mol. The summed E-state index contributed by atoms with van der Waals surface area (Å²) < 4.78 is 36.4. The molecular formula is C20H19F2N3O3S. The molecule has 6 nitrogen and oxygen atoms in total. The largest absolute Gasteiger partial charge is 0.444 e. The molecule has 2 aliphatic heterocycles. The van der Waals surface area contributed by atoms with Crippen LogP contribution in [0, 0.1) is 0 Å². The molecule has 2 aliphatic rings. The normalized spacial score (nSPS) is 16.4. The Bertz CT molecular complexity index is 876. The highest BCUT2D eigenvalue weighted by molar-refractivity contribution is 7.97. The summed E-state index contributed by atoms with van der Waals surface area (Å²) in [5.41, 5.74) is 3.31. The van der Waals surface area contributed by atoms with E-state index in [1.807, 2.05) is 6.07 Å². The molecule has 0 saturated heterocycles. The second kappa shape index (κ2) is 8.79. The lowest BCUT2D eigenvalue weighted by molar-refractivity contribution is -0.0498. The minimum atomic E-state index is -2.82. The van der Waals surface area contributed by atoms with E-state index in [2.05, 4.69) is 14.0 Å². The zero-order chi connectivity index (χ0) is 20.2. The van der Waals surface area contributed by atoms with Crippen LogP contribution < -0.4 is 4.74 Å². The van der Waals surface area contributed by atoms with Gasteiger partial charge in [0, 0.05) is 49.0 Å². The van der Waals surface area contributed by atoms with Gasteiger partial charge in [0.15, 0.2) is 0 Å². The predicted octanol–water partition coefficient (Wildman–Crippen LogP) is 3.95. The van der Waals surface area contributed by atoms with Crippen molar-refractivity contribution < 1.29 is 23.0 Å². The first-order chi connectivity index (χ1) is 14.1. The third-order valence-corrected chi connectivity index (χ3v) is 5.62. The lowest BCUT2D eigenvalue weighted by Crippen LogP contribution is -2.33. The Morgan fingerprint density at radius 1 is 1.10 bits per heavy atom. The number of pyridine rings is 1. The molecule has 0 spiro atoms. The Balaban J connectivity index is 1.23. The van der Waals surface area contributed by atoms with Gasteiger partial charge in [-0.25, -0.2) is 9.10 Å². The van der Waals surface area contributed by atoms with E-state index in [9.17, 15) is 13.6 Å². The first kappa shape index (κ1) is 19.7. The molecule has 0 fully saturated rings. The molecule has 0 atom stereocenters. The molecule has 29 heavy (non-hydrogen) atoms. The molecule has 1 amide bonds. The minimum Gasteiger partial charge on any atom is -0.444 e. The molecule has 2 aromatic rings. The average Bonchev–Trinajstić information content (AvgIpc) is 3.27. The topological polar surface area (TPSA) is 54.9 Å². The molecule has 9 heteroatoms. The van der Waals surface area contributed by atoms with E-state index < -0.39 is 6.61 Å². The maximum absolute atomic E-state index is 12.3. The smallest absolute Gasteiger partial charge is 0.410 e. The van der Waals surface area contributed by atoms with Gasteiger partial charge in [0.2, 0.25) is 0 Å². The van der Waals surface area contributed by atoms with Crippen LogP contribution in [-0.2, 0) is 11.3 Å². The third-order valence-electron chi connectivity index (χ3n) is 4.62. The number of aromatic nitrogens is 1. The monoisotopic (exact) mass is 419 g/mol. The van der Waals surface area contributed by atoms with Crippen LogP contribution >= 0.6 is 11.9 Å². The Hall–Kier alpha value is -2.65. The van der Waals surface area contributed by atoms with E-state index in [4.69, 9.17) is 4.74 Å². The number of halogens is 2. The van der Waals surface area contributed by atoms with Gasteiger partial charge in [-0.05, 0) is 53.4 Å². The number of rotatable bonds is 6. The molecule has 0 bridgehead atoms. The summed E-state index contributed by atoms with van der Waals surface area (Å²) in [5.74, 6) is 0.145. The number of amides is 1. The molecule has 1 aromatic heterocycles. The first-order valence-corrected chi connectivity index (χ1v) is 9.82. The van der Waals surface area contributed by atoms with Crippen LogP contribution in [-0.4, -0.2) is 53.1 Å². The number of alkyl halides is 2. The average molecular weight is 419 g/mol. The highest BCUT2D eigenvalue weighted by atomic mass is 32.2. The summed E-state index contributed by atoms with van der Waals surface area (Å²) in [5, 5.41) is 0. The van der Waals surface area contributed by atoms with E-state index in [1.54, 1.807) is 47.4 Å². The van der Waals surface area contributed by atoms with Crippen LogP contribution in [0.1, 0.15) is 5.56 Å². The fourth-order valence-corrected chi connectivity index (χ4v) is 4.29. The fourth-order valence-electron chi connectivity index (χ4n) is 3.29. The highest BCUT2D eigenvalue weighted by Crippen LogP contribution is 2.34. The van der Waals surface area contributed by atoms with Crippen LogP contribution in [0.2, 0.25) is 0 Å². The summed E-state index contributed by atoms with van der Waals surface area (Å²) >= 11 is 1.56. The standard InChI is InChI=1S/C20H19F2N3O3S/c21-19(22)28-17-3-5-18(6-4-17)29-25-11-15-9-24(10-16(15)12-25)20(26)27-13-14-2-1-7-23-8-14/h1-8,19H,9-13H2. The molecule has 0 saturated carbocycles. The number of benzene rings is 1. The van der Waals surface area contributed by atoms with Gasteiger partial charge in [-0.15, -0.1) is 0 Å². The van der Waals surface area contributed by atoms with Gasteiger partial charge in [0.05, 0.1) is 0 Å². The number of carbonyl (C=O) groups is 1. The van der Waals surface area contributed by atoms with Crippen molar-refractivity contribution >= 4 is 18.0 Å². The maximum Gasteiger partial charge on any atom is 0.410 e. The molecular weight excluding hydrogens is 400 g/mol. The summed E-state index contributed by atoms with van der Waals surface area (Å²) in [6.45, 7) is 0.0294. The number of nitrogens with zero attached hydrogens (tertiary/aromatic N) is 3. The molecule has 0 N–H and O–H groups in total. The van der Waals surface area contributed by atoms with Crippen molar-refractivity contribution in [3.05, 3.63) is 65.5 Å². The van der Waals surface area contributed by atoms with Crippen LogP contribution in [0.4, 0.5) is 13.6 Å². The third kappa shape index (κ3) is 5.04. The summed E-state index contributed by atoms with van der Waals surface area (Å²) in [4.78, 5) is 19.0. The molecule has 3 heterocycles. The van der Waals surface area contributed by atoms with Crippen LogP contribution in [0.15, 0.2) is 64.8 Å². The van der Waals surface area contributed by atoms with E-state index in [0.717, 1.165) is 23.5 Å². The zero-order valence-corrected chi connectivity index (χ0v) is 16.3. The minimum absolute atomic E-state index is 0.145. The van der Waals surface area contributed by atoms with E-state index in [0.29, 0.717) is 13.1 Å². The van der Waals surface area contributed by atoms with Gasteiger partial charge in [0.1, 0.15) is 12.4 Å². The molecule has 152 valence electrons. The molecule has 1 aromatic carbocycles. The van der Waals surface area contributed by atoms with Crippen LogP contribution in [0.3, 0.4) is 0 Å². The van der Waals surface area contributed by atoms with Crippen molar-refractivity contribution in [3.8, 4) is 5.75 Å². The van der Waals surface area contributed by atoms with Gasteiger partial charge in [-0.3, -0.25) is 4.98 Å². The second-order valence-electron chi connectivity index (χ2n) is 6.72. The lowest BCUT2D eigenvalue weighted by atomic mass is 10.2. The Labute approximate surface area is 171 Å². The number of carbonyl (C=O) groups excluding carboxylic acids is 1. The highest BCUT2D eigenvalue weighted by Gasteiger charge is 2.33. The van der Waals surface area contributed by atoms with Crippen molar-refractivity contribution in [3.63, 3.8) is 0 Å². The summed E-state index contributed by atoms with van der Waals surface area (Å²) in [7, 11) is 0. The van der Waals surface area contributed by atoms with Crippen molar-refractivity contribution in [1.29, 1.82) is 0 Å². The second-order valence-corrected chi connectivity index (χ2v) is 7.89. The Kier molecular flexibility index (Phi) is 5.96. The molecule has 0 radical (unpaired) electrons. The number of hydrogen-bond donors (Lipinski definition) is 0. The SMILES string of the molecule is O=C(OCc1cccnc1)N1CC2=C(CN(Sc3ccc(OC(F)F)cc3)C2)C1. The van der Waals surface area contributed by atoms with Crippen LogP contribution in [0.5, 0.6) is 5.75 Å². The van der Waals surface area contributed by atoms with Gasteiger partial charge in [0.25, 0.3) is 0 Å². The number of ether oxygens (including phenoxy) is 2. The van der Waals surface area contributed by atoms with E-state index in [1.165, 1.54) is 23.3 Å². The maximum atomic E-state index is 12.3. The molecule has 0 aliphatic carbocycles. The number of hydrogen-bond acceptors (Lipinski definition) is 6. The van der Waals surface area contributed by atoms with Crippen molar-refractivity contribution in [2.45, 2.75) is 18.1 Å². The van der Waals surface area contributed by atoms with Gasteiger partial charge in [-0.2, -0.15) is 8.78 Å². The van der Waals surface area contributed by atoms with Crippen molar-refractivity contribution in [1.82, 2.24) is 14.2 Å². The van der Waals surface area contributed by atoms with Crippen molar-refractivity contribution in [2.24, 2.45) is 0 Å². The van der Waals surface area contributed by atoms with E-state index in [-0.39, 0.29) is 18.4 Å². The van der Waals surface area contributed by atoms with Crippen molar-refractivity contribution in [2.75, 3.05) is 26.2 Å².